The summed E-state index contributed by atoms with van der Waals surface area (Å²) in [6.07, 6.45) is 0.957. The van der Waals surface area contributed by atoms with Crippen LogP contribution in [0.5, 0.6) is 0 Å². The minimum atomic E-state index is -0.352. The topological polar surface area (TPSA) is 49.4 Å². The molecule has 1 fully saturated rings. The summed E-state index contributed by atoms with van der Waals surface area (Å²) in [6.45, 7) is 4.93. The molecule has 1 aliphatic rings. The highest BCUT2D eigenvalue weighted by Gasteiger charge is 2.34. The van der Waals surface area contributed by atoms with E-state index in [1.807, 2.05) is 18.2 Å². The summed E-state index contributed by atoms with van der Waals surface area (Å²) in [6, 6.07) is 8.79. The summed E-state index contributed by atoms with van der Waals surface area (Å²) in [5, 5.41) is 2.95. The largest absolute Gasteiger partial charge is 0.354 e. The fourth-order valence-corrected chi connectivity index (χ4v) is 3.36. The molecule has 0 spiro atoms. The van der Waals surface area contributed by atoms with Crippen molar-refractivity contribution in [1.82, 2.24) is 10.2 Å². The molecule has 1 aromatic rings. The summed E-state index contributed by atoms with van der Waals surface area (Å²) in [4.78, 5) is 26.4. The van der Waals surface area contributed by atoms with Crippen LogP contribution in [0.2, 0.25) is 0 Å². The van der Waals surface area contributed by atoms with Gasteiger partial charge in [0.25, 0.3) is 5.91 Å². The van der Waals surface area contributed by atoms with Gasteiger partial charge in [-0.1, -0.05) is 32.0 Å². The van der Waals surface area contributed by atoms with E-state index in [-0.39, 0.29) is 17.9 Å². The van der Waals surface area contributed by atoms with Gasteiger partial charge in [-0.15, -0.1) is 11.8 Å². The number of rotatable bonds is 5. The molecule has 0 aliphatic carbocycles. The highest BCUT2D eigenvalue weighted by Crippen LogP contribution is 2.23. The van der Waals surface area contributed by atoms with Gasteiger partial charge in [-0.05, 0) is 24.5 Å². The van der Waals surface area contributed by atoms with E-state index < -0.39 is 0 Å². The standard InChI is InChI=1S/C16H22N2O2S/c1-12(2)8-9-17-15(19)14-10-21-11-18(14)16(20)13-6-4-3-5-7-13/h3-7,12,14H,8-11H2,1-2H3,(H,17,19)/t14-/m1/s1. The second-order valence-corrected chi connectivity index (χ2v) is 6.63. The van der Waals surface area contributed by atoms with Crippen molar-refractivity contribution in [1.29, 1.82) is 0 Å². The van der Waals surface area contributed by atoms with Crippen molar-refractivity contribution >= 4 is 23.6 Å². The first-order valence-electron chi connectivity index (χ1n) is 7.31. The van der Waals surface area contributed by atoms with Crippen molar-refractivity contribution in [2.45, 2.75) is 26.3 Å². The Balaban J connectivity index is 1.96. The zero-order valence-electron chi connectivity index (χ0n) is 12.5. The summed E-state index contributed by atoms with van der Waals surface area (Å²) < 4.78 is 0. The number of thioether (sulfide) groups is 1. The third kappa shape index (κ3) is 4.24. The Hall–Kier alpha value is -1.49. The van der Waals surface area contributed by atoms with Gasteiger partial charge in [0, 0.05) is 17.9 Å². The Morgan fingerprint density at radius 2 is 2.05 bits per heavy atom. The predicted molar refractivity (Wildman–Crippen MR) is 86.2 cm³/mol. The average Bonchev–Trinajstić information content (AvgIpc) is 2.96. The normalized spacial score (nSPS) is 18.0. The van der Waals surface area contributed by atoms with Crippen molar-refractivity contribution in [3.05, 3.63) is 35.9 Å². The average molecular weight is 306 g/mol. The second kappa shape index (κ2) is 7.50. The highest BCUT2D eigenvalue weighted by molar-refractivity contribution is 7.99. The monoisotopic (exact) mass is 306 g/mol. The van der Waals surface area contributed by atoms with Gasteiger partial charge in [0.05, 0.1) is 5.88 Å². The molecule has 0 saturated carbocycles. The lowest BCUT2D eigenvalue weighted by molar-refractivity contribution is -0.124. The predicted octanol–water partition coefficient (Wildman–Crippen LogP) is 2.36. The maximum Gasteiger partial charge on any atom is 0.255 e. The number of carbonyl (C=O) groups excluding carboxylic acids is 2. The van der Waals surface area contributed by atoms with Crippen LogP contribution in [-0.2, 0) is 4.79 Å². The van der Waals surface area contributed by atoms with Crippen LogP contribution in [0.1, 0.15) is 30.6 Å². The van der Waals surface area contributed by atoms with E-state index >= 15 is 0 Å². The van der Waals surface area contributed by atoms with Gasteiger partial charge in [-0.3, -0.25) is 9.59 Å². The molecule has 0 bridgehead atoms. The van der Waals surface area contributed by atoms with Crippen molar-refractivity contribution in [2.75, 3.05) is 18.2 Å². The van der Waals surface area contributed by atoms with E-state index in [4.69, 9.17) is 0 Å². The number of hydrogen-bond acceptors (Lipinski definition) is 3. The molecule has 114 valence electrons. The second-order valence-electron chi connectivity index (χ2n) is 5.63. The molecule has 2 amide bonds. The van der Waals surface area contributed by atoms with Gasteiger partial charge in [-0.2, -0.15) is 0 Å². The van der Waals surface area contributed by atoms with Crippen LogP contribution in [0, 0.1) is 5.92 Å². The number of nitrogens with zero attached hydrogens (tertiary/aromatic N) is 1. The Bertz CT molecular complexity index is 490. The Kier molecular flexibility index (Phi) is 5.67. The van der Waals surface area contributed by atoms with Crippen molar-refractivity contribution in [3.8, 4) is 0 Å². The summed E-state index contributed by atoms with van der Waals surface area (Å²) >= 11 is 1.63. The Labute approximate surface area is 130 Å². The van der Waals surface area contributed by atoms with Crippen molar-refractivity contribution < 1.29 is 9.59 Å². The smallest absolute Gasteiger partial charge is 0.255 e. The number of carbonyl (C=O) groups is 2. The minimum Gasteiger partial charge on any atom is -0.354 e. The van der Waals surface area contributed by atoms with Crippen molar-refractivity contribution in [3.63, 3.8) is 0 Å². The third-order valence-corrected chi connectivity index (χ3v) is 4.50. The van der Waals surface area contributed by atoms with Gasteiger partial charge < -0.3 is 10.2 Å². The lowest BCUT2D eigenvalue weighted by Gasteiger charge is -2.23. The lowest BCUT2D eigenvalue weighted by atomic mass is 10.1. The number of hydrogen-bond donors (Lipinski definition) is 1. The highest BCUT2D eigenvalue weighted by atomic mass is 32.2. The number of benzene rings is 1. The molecular weight excluding hydrogens is 284 g/mol. The van der Waals surface area contributed by atoms with E-state index in [9.17, 15) is 9.59 Å². The van der Waals surface area contributed by atoms with Crippen LogP contribution in [0.15, 0.2) is 30.3 Å². The van der Waals surface area contributed by atoms with E-state index in [0.29, 0.717) is 29.7 Å². The van der Waals surface area contributed by atoms with Crippen LogP contribution in [0.3, 0.4) is 0 Å². The molecule has 1 atom stereocenters. The van der Waals surface area contributed by atoms with Gasteiger partial charge in [0.2, 0.25) is 5.91 Å². The number of amides is 2. The van der Waals surface area contributed by atoms with Crippen LogP contribution in [-0.4, -0.2) is 40.9 Å². The SMILES string of the molecule is CC(C)CCNC(=O)[C@H]1CSCN1C(=O)c1ccccc1. The first-order valence-corrected chi connectivity index (χ1v) is 8.46. The Morgan fingerprint density at radius 3 is 2.71 bits per heavy atom. The molecule has 1 aliphatic heterocycles. The maximum absolute atomic E-state index is 12.5. The summed E-state index contributed by atoms with van der Waals surface area (Å²) in [5.41, 5.74) is 0.639. The molecule has 1 aromatic carbocycles. The molecule has 4 nitrogen and oxygen atoms in total. The van der Waals surface area contributed by atoms with Crippen LogP contribution in [0.4, 0.5) is 0 Å². The van der Waals surface area contributed by atoms with Gasteiger partial charge >= 0.3 is 0 Å². The molecule has 0 aromatic heterocycles. The van der Waals surface area contributed by atoms with E-state index in [1.165, 1.54) is 0 Å². The summed E-state index contributed by atoms with van der Waals surface area (Å²) in [7, 11) is 0. The molecule has 21 heavy (non-hydrogen) atoms. The van der Waals surface area contributed by atoms with Gasteiger partial charge in [-0.25, -0.2) is 0 Å². The zero-order chi connectivity index (χ0) is 15.2. The van der Waals surface area contributed by atoms with Gasteiger partial charge in [0.15, 0.2) is 0 Å². The first-order chi connectivity index (χ1) is 10.1. The lowest BCUT2D eigenvalue weighted by Crippen LogP contribution is -2.47. The van der Waals surface area contributed by atoms with E-state index in [1.54, 1.807) is 28.8 Å². The molecule has 1 N–H and O–H groups in total. The molecule has 1 heterocycles. The maximum atomic E-state index is 12.5. The molecule has 2 rings (SSSR count). The number of nitrogens with one attached hydrogen (secondary N) is 1. The molecular formula is C16H22N2O2S. The fraction of sp³-hybridized carbons (Fsp3) is 0.500. The third-order valence-electron chi connectivity index (χ3n) is 3.49. The van der Waals surface area contributed by atoms with E-state index in [0.717, 1.165) is 6.42 Å². The van der Waals surface area contributed by atoms with Crippen LogP contribution >= 0.6 is 11.8 Å². The quantitative estimate of drug-likeness (QED) is 0.908. The molecule has 1 saturated heterocycles. The molecule has 0 radical (unpaired) electrons. The van der Waals surface area contributed by atoms with Gasteiger partial charge in [0.1, 0.15) is 6.04 Å². The van der Waals surface area contributed by atoms with Crippen LogP contribution in [0.25, 0.3) is 0 Å². The fourth-order valence-electron chi connectivity index (χ4n) is 2.21. The van der Waals surface area contributed by atoms with Crippen molar-refractivity contribution in [2.24, 2.45) is 5.92 Å². The first kappa shape index (κ1) is 15.9. The molecule has 0 unspecified atom stereocenters. The van der Waals surface area contributed by atoms with E-state index in [2.05, 4.69) is 19.2 Å². The Morgan fingerprint density at radius 1 is 1.33 bits per heavy atom. The minimum absolute atomic E-state index is 0.0371. The molecule has 5 heteroatoms. The van der Waals surface area contributed by atoms with Crippen LogP contribution < -0.4 is 5.32 Å². The zero-order valence-corrected chi connectivity index (χ0v) is 13.4. The summed E-state index contributed by atoms with van der Waals surface area (Å²) in [5.74, 6) is 1.71.